The van der Waals surface area contributed by atoms with Crippen LogP contribution in [0, 0.1) is 5.92 Å². The highest BCUT2D eigenvalue weighted by molar-refractivity contribution is 6.30. The van der Waals surface area contributed by atoms with Gasteiger partial charge in [-0.1, -0.05) is 79.3 Å². The molecule has 1 fully saturated rings. The topological polar surface area (TPSA) is 84.5 Å². The smallest absolute Gasteiger partial charge is 0.263 e. The van der Waals surface area contributed by atoms with Gasteiger partial charge in [0.05, 0.1) is 0 Å². The van der Waals surface area contributed by atoms with Gasteiger partial charge in [-0.15, -0.1) is 0 Å². The Balaban J connectivity index is 1.23. The number of nitrogens with one attached hydrogen (secondary N) is 2. The predicted molar refractivity (Wildman–Crippen MR) is 211 cm³/mol. The van der Waals surface area contributed by atoms with Crippen molar-refractivity contribution in [2.45, 2.75) is 109 Å². The Labute approximate surface area is 311 Å². The zero-order valence-electron chi connectivity index (χ0n) is 30.8. The zero-order chi connectivity index (χ0) is 36.7. The molecule has 1 aliphatic carbocycles. The van der Waals surface area contributed by atoms with Crippen molar-refractivity contribution in [3.8, 4) is 5.75 Å². The lowest BCUT2D eigenvalue weighted by atomic mass is 9.85. The number of ketones is 1. The molecule has 0 aromatic heterocycles. The van der Waals surface area contributed by atoms with Crippen molar-refractivity contribution < 1.29 is 19.1 Å². The first-order valence-corrected chi connectivity index (χ1v) is 19.0. The molecule has 2 N–H and O–H groups in total. The molecule has 0 unspecified atom stereocenters. The number of halogens is 1. The number of amides is 2. The van der Waals surface area contributed by atoms with Crippen LogP contribution in [-0.2, 0) is 9.59 Å². The summed E-state index contributed by atoms with van der Waals surface area (Å²) >= 11 is 5.93. The minimum absolute atomic E-state index is 0.109. The Morgan fingerprint density at radius 1 is 0.745 bits per heavy atom. The van der Waals surface area contributed by atoms with Crippen LogP contribution >= 0.6 is 11.6 Å². The monoisotopic (exact) mass is 712 g/mol. The van der Waals surface area contributed by atoms with Crippen LogP contribution in [0.4, 0.5) is 0 Å². The number of hydrogen-bond acceptors (Lipinski definition) is 4. The fourth-order valence-corrected chi connectivity index (χ4v) is 5.92. The molecular weight excluding hydrogens is 656 g/mol. The van der Waals surface area contributed by atoms with Crippen molar-refractivity contribution in [3.63, 3.8) is 0 Å². The third kappa shape index (κ3) is 16.6. The molecule has 2 aromatic carbocycles. The van der Waals surface area contributed by atoms with Gasteiger partial charge < -0.3 is 15.4 Å². The first-order valence-electron chi connectivity index (χ1n) is 18.6. The fourth-order valence-electron chi connectivity index (χ4n) is 5.79. The Kier molecular flexibility index (Phi) is 18.9. The quantitative estimate of drug-likeness (QED) is 0.0766. The van der Waals surface area contributed by atoms with Crippen molar-refractivity contribution in [1.82, 2.24) is 10.6 Å². The second-order valence-corrected chi connectivity index (χ2v) is 14.0. The Morgan fingerprint density at radius 3 is 1.80 bits per heavy atom. The van der Waals surface area contributed by atoms with E-state index in [0.29, 0.717) is 40.8 Å². The van der Waals surface area contributed by atoms with Crippen LogP contribution < -0.4 is 15.4 Å². The lowest BCUT2D eigenvalue weighted by molar-refractivity contribution is -0.134. The van der Waals surface area contributed by atoms with Gasteiger partial charge in [-0.2, -0.15) is 0 Å². The molecule has 1 aliphatic rings. The normalized spacial score (nSPS) is 16.9. The second kappa shape index (κ2) is 23.3. The number of allylic oxidation sites excluding steroid dienone is 10. The summed E-state index contributed by atoms with van der Waals surface area (Å²) in [4.78, 5) is 38.3. The third-order valence-electron chi connectivity index (χ3n) is 8.84. The maximum Gasteiger partial charge on any atom is 0.263 e. The molecule has 1 saturated carbocycles. The van der Waals surface area contributed by atoms with E-state index < -0.39 is 5.60 Å². The van der Waals surface area contributed by atoms with Crippen LogP contribution in [0.15, 0.2) is 109 Å². The lowest BCUT2D eigenvalue weighted by Crippen LogP contribution is -2.48. The average Bonchev–Trinajstić information content (AvgIpc) is 3.12. The molecule has 2 aromatic rings. The third-order valence-corrected chi connectivity index (χ3v) is 9.09. The van der Waals surface area contributed by atoms with Crippen LogP contribution in [0.1, 0.15) is 114 Å². The van der Waals surface area contributed by atoms with E-state index in [2.05, 4.69) is 78.3 Å². The van der Waals surface area contributed by atoms with Crippen molar-refractivity contribution in [3.05, 3.63) is 125 Å². The number of ether oxygens (including phenoxy) is 1. The summed E-state index contributed by atoms with van der Waals surface area (Å²) in [6.45, 7) is 6.20. The molecule has 51 heavy (non-hydrogen) atoms. The first-order chi connectivity index (χ1) is 24.7. The van der Waals surface area contributed by atoms with E-state index in [-0.39, 0.29) is 23.6 Å². The van der Waals surface area contributed by atoms with Crippen LogP contribution in [0.2, 0.25) is 5.02 Å². The molecule has 0 heterocycles. The van der Waals surface area contributed by atoms with Crippen LogP contribution in [0.25, 0.3) is 0 Å². The summed E-state index contributed by atoms with van der Waals surface area (Å²) in [7, 11) is 0. The largest absolute Gasteiger partial charge is 0.478 e. The zero-order valence-corrected chi connectivity index (χ0v) is 31.5. The van der Waals surface area contributed by atoms with Gasteiger partial charge in [0.1, 0.15) is 5.75 Å². The minimum atomic E-state index is -1.08. The summed E-state index contributed by atoms with van der Waals surface area (Å²) in [6, 6.07) is 13.8. The number of carbonyl (C=O) groups is 3. The number of benzene rings is 2. The predicted octanol–water partition coefficient (Wildman–Crippen LogP) is 10.4. The van der Waals surface area contributed by atoms with Crippen LogP contribution in [0.3, 0.4) is 0 Å². The van der Waals surface area contributed by atoms with E-state index in [0.717, 1.165) is 70.6 Å². The molecule has 0 atom stereocenters. The van der Waals surface area contributed by atoms with Gasteiger partial charge in [0.2, 0.25) is 5.91 Å². The van der Waals surface area contributed by atoms with E-state index >= 15 is 0 Å². The second-order valence-electron chi connectivity index (χ2n) is 13.6. The summed E-state index contributed by atoms with van der Waals surface area (Å²) < 4.78 is 6.02. The molecule has 0 radical (unpaired) electrons. The Bertz CT molecular complexity index is 1490. The summed E-state index contributed by atoms with van der Waals surface area (Å²) in [5.41, 5.74) is -0.00298. The van der Waals surface area contributed by atoms with E-state index in [9.17, 15) is 14.4 Å². The molecule has 0 saturated heterocycles. The van der Waals surface area contributed by atoms with Gasteiger partial charge in [-0.05, 0) is 139 Å². The Hall–Kier alpha value is -4.16. The number of carbonyl (C=O) groups excluding carboxylic acids is 3. The molecule has 0 aliphatic heterocycles. The molecular formula is C44H57ClN2O4. The van der Waals surface area contributed by atoms with Crippen LogP contribution in [0.5, 0.6) is 5.75 Å². The summed E-state index contributed by atoms with van der Waals surface area (Å²) in [5.74, 6) is 0.706. The summed E-state index contributed by atoms with van der Waals surface area (Å²) in [6.07, 6.45) is 32.9. The van der Waals surface area contributed by atoms with E-state index in [1.54, 1.807) is 62.4 Å². The van der Waals surface area contributed by atoms with Gasteiger partial charge in [-0.3, -0.25) is 14.4 Å². The first kappa shape index (κ1) is 41.3. The SMILES string of the molecule is CCC=CCC=CCC=CCC=CCC=CCCCC(=O)NC1CCC(CNC(=O)C(C)(C)Oc2ccc(C(=O)c3ccc(Cl)cc3)cc2)CC1. The molecule has 7 heteroatoms. The average molecular weight is 713 g/mol. The minimum Gasteiger partial charge on any atom is -0.478 e. The van der Waals surface area contributed by atoms with Gasteiger partial charge in [0.15, 0.2) is 11.4 Å². The molecule has 0 bridgehead atoms. The maximum absolute atomic E-state index is 13.0. The fraction of sp³-hybridized carbons (Fsp3) is 0.432. The van der Waals surface area contributed by atoms with Crippen molar-refractivity contribution in [2.24, 2.45) is 5.92 Å². The molecule has 274 valence electrons. The standard InChI is InChI=1S/C44H57ClN2O4/c1-4-5-6-7-8-9-10-11-12-13-14-15-16-17-18-19-20-21-41(48)47-39-30-22-35(23-31-39)34-46-43(50)44(2,3)51-40-32-26-37(27-33-40)42(49)36-24-28-38(45)29-25-36/h5-6,8-9,11-12,14-15,17-18,24-29,32-33,35,39H,4,7,10,13,16,19-23,30-31,34H2,1-3H3,(H,46,50)(H,47,48). The van der Waals surface area contributed by atoms with Gasteiger partial charge >= 0.3 is 0 Å². The highest BCUT2D eigenvalue weighted by Crippen LogP contribution is 2.25. The summed E-state index contributed by atoms with van der Waals surface area (Å²) in [5, 5.41) is 6.85. The van der Waals surface area contributed by atoms with Crippen molar-refractivity contribution >= 4 is 29.2 Å². The van der Waals surface area contributed by atoms with E-state index in [1.165, 1.54) is 0 Å². The highest BCUT2D eigenvalue weighted by Gasteiger charge is 2.31. The molecule has 6 nitrogen and oxygen atoms in total. The number of rotatable bonds is 21. The van der Waals surface area contributed by atoms with Crippen LogP contribution in [-0.4, -0.2) is 35.8 Å². The van der Waals surface area contributed by atoms with Gasteiger partial charge in [0, 0.05) is 35.2 Å². The molecule has 2 amide bonds. The number of hydrogen-bond donors (Lipinski definition) is 2. The van der Waals surface area contributed by atoms with Crippen molar-refractivity contribution in [2.75, 3.05) is 6.54 Å². The Morgan fingerprint density at radius 2 is 1.25 bits per heavy atom. The van der Waals surface area contributed by atoms with Gasteiger partial charge in [0.25, 0.3) is 5.91 Å². The van der Waals surface area contributed by atoms with Gasteiger partial charge in [-0.25, -0.2) is 0 Å². The highest BCUT2D eigenvalue weighted by atomic mass is 35.5. The maximum atomic E-state index is 13.0. The lowest BCUT2D eigenvalue weighted by Gasteiger charge is -2.31. The molecule has 3 rings (SSSR count). The van der Waals surface area contributed by atoms with Crippen molar-refractivity contribution in [1.29, 1.82) is 0 Å². The molecule has 0 spiro atoms. The number of unbranched alkanes of at least 4 members (excludes halogenated alkanes) is 1. The van der Waals surface area contributed by atoms with E-state index in [4.69, 9.17) is 16.3 Å². The van der Waals surface area contributed by atoms with E-state index in [1.807, 2.05) is 0 Å².